The van der Waals surface area contributed by atoms with E-state index in [2.05, 4.69) is 6.92 Å². The molecule has 0 unspecified atom stereocenters. The number of hydrogen-bond donors (Lipinski definition) is 4. The van der Waals surface area contributed by atoms with Crippen LogP contribution in [0.1, 0.15) is 139 Å². The van der Waals surface area contributed by atoms with Crippen molar-refractivity contribution in [3.8, 4) is 0 Å². The molecule has 4 N–H and O–H groups in total. The molecule has 8 aliphatic rings. The summed E-state index contributed by atoms with van der Waals surface area (Å²) in [5, 5.41) is 50.1. The number of methoxy groups -OCH3 is 4. The summed E-state index contributed by atoms with van der Waals surface area (Å²) >= 11 is 0. The summed E-state index contributed by atoms with van der Waals surface area (Å²) in [4.78, 5) is 27.1. The molecule has 9 rings (SSSR count). The molecule has 1 aromatic rings. The van der Waals surface area contributed by atoms with Gasteiger partial charge < -0.3 is 86.7 Å². The predicted molar refractivity (Wildman–Crippen MR) is 300 cm³/mol. The van der Waals surface area contributed by atoms with E-state index in [0.29, 0.717) is 50.5 Å². The fourth-order valence-corrected chi connectivity index (χ4v) is 15.6. The summed E-state index contributed by atoms with van der Waals surface area (Å²) in [6, 6.07) is 9.33. The quantitative estimate of drug-likeness (QED) is 0.0692. The normalized spacial score (nSPS) is 46.1. The van der Waals surface area contributed by atoms with Gasteiger partial charge in [-0.3, -0.25) is 0 Å². The molecule has 4 aliphatic carbocycles. The van der Waals surface area contributed by atoms with Crippen molar-refractivity contribution < 1.29 is 96.3 Å². The summed E-state index contributed by atoms with van der Waals surface area (Å²) < 4.78 is 87.9. The van der Waals surface area contributed by atoms with Crippen LogP contribution in [0, 0.1) is 16.7 Å². The Labute approximate surface area is 489 Å². The Morgan fingerprint density at radius 2 is 1.19 bits per heavy atom. The first kappa shape index (κ1) is 64.2. The van der Waals surface area contributed by atoms with Crippen LogP contribution < -0.4 is 0 Å². The van der Waals surface area contributed by atoms with E-state index in [1.807, 2.05) is 57.2 Å². The third kappa shape index (κ3) is 12.1. The number of hydrogen-bond acceptors (Lipinski definition) is 20. The van der Waals surface area contributed by atoms with Gasteiger partial charge in [0.2, 0.25) is 0 Å². The van der Waals surface area contributed by atoms with Crippen LogP contribution in [0.5, 0.6) is 0 Å². The molecule has 0 aromatic heterocycles. The molecule has 0 spiro atoms. The SMILES string of the molecule is CC=C(C)C(=O)O[C@H](C)[C@]1(O)CC[C@]2(O)[C@]1(C)[C@H](OC(=O)C=Cc1ccccc1)C[C@@H]1[C@@]3(C)CC[C@H](O[C@H]4C[C@H](OC)[C@H](O[C@H]5C[C@H](OC)[C@H](O[C@H]6C[C@H](OC)[C@H](O[C@H]7C[C@@H](OC)[C@@H](O)[C@H](C)O7)[C@@H](C)O6)[C@H](C)O5)[C@@H](C)O4)CC3=CC[C@]12O. The van der Waals surface area contributed by atoms with Gasteiger partial charge in [0, 0.05) is 71.7 Å². The summed E-state index contributed by atoms with van der Waals surface area (Å²) in [7, 11) is 6.48. The highest BCUT2D eigenvalue weighted by molar-refractivity contribution is 5.88. The summed E-state index contributed by atoms with van der Waals surface area (Å²) in [6.07, 6.45) is -0.756. The molecule has 0 bridgehead atoms. The second-order valence-corrected chi connectivity index (χ2v) is 25.2. The van der Waals surface area contributed by atoms with Crippen molar-refractivity contribution in [2.45, 2.75) is 266 Å². The molecule has 1 aromatic carbocycles. The zero-order valence-corrected chi connectivity index (χ0v) is 50.8. The van der Waals surface area contributed by atoms with Crippen LogP contribution >= 0.6 is 0 Å². The maximum absolute atomic E-state index is 13.9. The maximum atomic E-state index is 13.9. The van der Waals surface area contributed by atoms with Crippen LogP contribution in [-0.2, 0) is 75.9 Å². The van der Waals surface area contributed by atoms with Gasteiger partial charge in [-0.1, -0.05) is 61.9 Å². The number of aliphatic hydroxyl groups excluding tert-OH is 1. The Balaban J connectivity index is 0.831. The molecule has 4 heterocycles. The summed E-state index contributed by atoms with van der Waals surface area (Å²) in [5.41, 5.74) is -5.78. The molecule has 83 heavy (non-hydrogen) atoms. The van der Waals surface area contributed by atoms with Crippen LogP contribution in [-0.4, -0.2) is 194 Å². The Morgan fingerprint density at radius 3 is 1.71 bits per heavy atom. The molecular weight excluding hydrogens is 1080 g/mol. The number of carbonyl (C=O) groups is 2. The fourth-order valence-electron chi connectivity index (χ4n) is 15.6. The van der Waals surface area contributed by atoms with Crippen molar-refractivity contribution in [1.29, 1.82) is 0 Å². The van der Waals surface area contributed by atoms with Gasteiger partial charge in [-0.05, 0) is 110 Å². The van der Waals surface area contributed by atoms with Gasteiger partial charge in [0.05, 0.1) is 60.4 Å². The van der Waals surface area contributed by atoms with Crippen molar-refractivity contribution >= 4 is 18.0 Å². The molecule has 4 saturated heterocycles. The minimum Gasteiger partial charge on any atom is -0.458 e. The van der Waals surface area contributed by atoms with Crippen LogP contribution in [0.25, 0.3) is 6.08 Å². The van der Waals surface area contributed by atoms with Gasteiger partial charge in [0.1, 0.15) is 53.4 Å². The Bertz CT molecular complexity index is 2480. The standard InChI is InChI=1S/C63H94O20/c1-14-34(2)58(66)78-39(7)61(67)26-27-63(69)60(61,9)48(80-49(64)21-20-40-18-16-15-17-19-40)33-47-59(8)24-23-42(28-41(59)22-25-62(47,63)68)79-50-30-44(71-11)55(36(4)75-50)82-52-32-46(73-13)57(38(6)77-52)83-53-31-45(72-12)56(37(5)76-53)81-51-29-43(70-10)54(65)35(3)74-51/h14-22,35-39,42-48,50-57,65,67-69H,23-33H2,1-13H3/t35-,36+,37+,38-,39+,42-,43+,44-,45-,46-,47+,48+,50-,51-,52-,53-,54-,55+,56+,57+,59-,60+,61+,62-,63-/m0/s1. The Hall–Kier alpha value is -3.26. The lowest BCUT2D eigenvalue weighted by Crippen LogP contribution is -2.78. The molecule has 7 fully saturated rings. The highest BCUT2D eigenvalue weighted by Crippen LogP contribution is 2.71. The smallest absolute Gasteiger partial charge is 0.333 e. The molecule has 4 aliphatic heterocycles. The molecular formula is C63H94O20. The number of allylic oxidation sites excluding steroid dienone is 1. The number of esters is 2. The van der Waals surface area contributed by atoms with Crippen LogP contribution in [0.15, 0.2) is 59.7 Å². The van der Waals surface area contributed by atoms with Crippen LogP contribution in [0.2, 0.25) is 0 Å². The number of fused-ring (bicyclic) bond motifs is 5. The third-order valence-electron chi connectivity index (χ3n) is 20.8. The molecule has 0 amide bonds. The highest BCUT2D eigenvalue weighted by Gasteiger charge is 2.81. The van der Waals surface area contributed by atoms with Crippen molar-refractivity contribution in [1.82, 2.24) is 0 Å². The number of rotatable bonds is 18. The van der Waals surface area contributed by atoms with E-state index in [-0.39, 0.29) is 37.9 Å². The van der Waals surface area contributed by atoms with Gasteiger partial charge in [0.25, 0.3) is 0 Å². The lowest BCUT2D eigenvalue weighted by atomic mass is 9.42. The fraction of sp³-hybridized carbons (Fsp3) is 0.778. The van der Waals surface area contributed by atoms with E-state index in [1.54, 1.807) is 75.2 Å². The van der Waals surface area contributed by atoms with E-state index < -0.39 is 150 Å². The monoisotopic (exact) mass is 1170 g/mol. The zero-order chi connectivity index (χ0) is 60.0. The second kappa shape index (κ2) is 25.8. The minimum atomic E-state index is -1.98. The number of aliphatic hydroxyl groups is 4. The van der Waals surface area contributed by atoms with E-state index >= 15 is 0 Å². The van der Waals surface area contributed by atoms with Gasteiger partial charge in [-0.25, -0.2) is 9.59 Å². The average molecular weight is 1170 g/mol. The van der Waals surface area contributed by atoms with Gasteiger partial charge in [-0.15, -0.1) is 0 Å². The van der Waals surface area contributed by atoms with E-state index in [0.717, 1.165) is 11.1 Å². The first-order chi connectivity index (χ1) is 39.4. The Kier molecular flexibility index (Phi) is 20.0. The number of carbonyl (C=O) groups excluding carboxylic acids is 2. The lowest BCUT2D eigenvalue weighted by molar-refractivity contribution is -0.347. The van der Waals surface area contributed by atoms with E-state index in [4.69, 9.17) is 66.3 Å². The van der Waals surface area contributed by atoms with Gasteiger partial charge >= 0.3 is 11.9 Å². The molecule has 20 heteroatoms. The van der Waals surface area contributed by atoms with Crippen molar-refractivity contribution in [3.05, 3.63) is 65.3 Å². The molecule has 20 nitrogen and oxygen atoms in total. The topological polar surface area (TPSA) is 244 Å². The summed E-state index contributed by atoms with van der Waals surface area (Å²) in [6.45, 7) is 16.3. The van der Waals surface area contributed by atoms with Gasteiger partial charge in [0.15, 0.2) is 25.2 Å². The van der Waals surface area contributed by atoms with E-state index in [9.17, 15) is 30.0 Å². The van der Waals surface area contributed by atoms with Gasteiger partial charge in [-0.2, -0.15) is 0 Å². The molecule has 25 atom stereocenters. The summed E-state index contributed by atoms with van der Waals surface area (Å²) in [5.74, 6) is -1.88. The average Bonchev–Trinajstić information content (AvgIpc) is 1.70. The minimum absolute atomic E-state index is 0.0220. The molecule has 0 radical (unpaired) electrons. The maximum Gasteiger partial charge on any atom is 0.333 e. The zero-order valence-electron chi connectivity index (χ0n) is 50.8. The number of ether oxygens (including phenoxy) is 14. The van der Waals surface area contributed by atoms with Crippen molar-refractivity contribution in [3.63, 3.8) is 0 Å². The second-order valence-electron chi connectivity index (χ2n) is 25.2. The Morgan fingerprint density at radius 1 is 0.687 bits per heavy atom. The van der Waals surface area contributed by atoms with E-state index in [1.165, 1.54) is 6.08 Å². The predicted octanol–water partition coefficient (Wildman–Crippen LogP) is 6.54. The highest BCUT2D eigenvalue weighted by atomic mass is 16.8. The van der Waals surface area contributed by atoms with Crippen LogP contribution in [0.3, 0.4) is 0 Å². The lowest BCUT2D eigenvalue weighted by Gasteiger charge is -2.67. The largest absolute Gasteiger partial charge is 0.458 e. The van der Waals surface area contributed by atoms with Crippen molar-refractivity contribution in [2.24, 2.45) is 16.7 Å². The molecule has 3 saturated carbocycles. The van der Waals surface area contributed by atoms with Crippen molar-refractivity contribution in [2.75, 3.05) is 28.4 Å². The van der Waals surface area contributed by atoms with Crippen LogP contribution in [0.4, 0.5) is 0 Å². The number of benzene rings is 1. The third-order valence-corrected chi connectivity index (χ3v) is 20.8. The molecule has 466 valence electrons. The first-order valence-electron chi connectivity index (χ1n) is 30.1. The first-order valence-corrected chi connectivity index (χ1v) is 30.1.